The molecule has 3 rings (SSSR count). The van der Waals surface area contributed by atoms with Crippen LogP contribution in [-0.2, 0) is 16.6 Å². The van der Waals surface area contributed by atoms with Crippen LogP contribution in [0.25, 0.3) is 0 Å². The minimum atomic E-state index is -0.718. The number of benzene rings is 1. The van der Waals surface area contributed by atoms with Gasteiger partial charge in [0.2, 0.25) is 0 Å². The molecule has 0 spiro atoms. The summed E-state index contributed by atoms with van der Waals surface area (Å²) in [4.78, 5) is 27.1. The van der Waals surface area contributed by atoms with Crippen LogP contribution < -0.4 is 20.1 Å². The molecule has 29 heavy (non-hydrogen) atoms. The highest BCUT2D eigenvalue weighted by Gasteiger charge is 2.26. The summed E-state index contributed by atoms with van der Waals surface area (Å²) in [6.45, 7) is 2.35. The molecule has 8 nitrogen and oxygen atoms in total. The molecule has 0 unspecified atom stereocenters. The number of hydrogen-bond acceptors (Lipinski definition) is 5. The Morgan fingerprint density at radius 3 is 2.41 bits per heavy atom. The van der Waals surface area contributed by atoms with Crippen molar-refractivity contribution in [3.8, 4) is 11.5 Å². The molecule has 2 N–H and O–H groups in total. The standard InChI is InChI=1S/C21H28N4O4/c1-24-10-6-7-16(24)17(25-11-4-5-12-25)14-22-20(26)21(27)23-15-8-9-18(28-2)19(13-15)29-3/h6-10,13,17H,4-5,11-12,14H2,1-3H3,(H,22,26)(H,23,27)/t17-/m1/s1. The van der Waals surface area contributed by atoms with Crippen LogP contribution in [0.1, 0.15) is 24.6 Å². The molecule has 1 aromatic carbocycles. The fourth-order valence-electron chi connectivity index (χ4n) is 3.67. The molecular formula is C21H28N4O4. The van der Waals surface area contributed by atoms with Crippen LogP contribution in [0.3, 0.4) is 0 Å². The Morgan fingerprint density at radius 2 is 1.79 bits per heavy atom. The van der Waals surface area contributed by atoms with Crippen molar-refractivity contribution in [1.82, 2.24) is 14.8 Å². The summed E-state index contributed by atoms with van der Waals surface area (Å²) in [5, 5.41) is 5.39. The van der Waals surface area contributed by atoms with Crippen LogP contribution in [-0.4, -0.2) is 55.1 Å². The molecule has 1 aliphatic rings. The van der Waals surface area contributed by atoms with Crippen molar-refractivity contribution < 1.29 is 19.1 Å². The number of nitrogens with one attached hydrogen (secondary N) is 2. The molecule has 2 heterocycles. The van der Waals surface area contributed by atoms with Crippen molar-refractivity contribution in [3.05, 3.63) is 42.2 Å². The van der Waals surface area contributed by atoms with Crippen molar-refractivity contribution in [2.24, 2.45) is 7.05 Å². The third-order valence-electron chi connectivity index (χ3n) is 5.21. The molecule has 1 fully saturated rings. The van der Waals surface area contributed by atoms with E-state index in [9.17, 15) is 9.59 Å². The molecule has 2 amide bonds. The van der Waals surface area contributed by atoms with E-state index in [4.69, 9.17) is 9.47 Å². The number of methoxy groups -OCH3 is 2. The van der Waals surface area contributed by atoms with Gasteiger partial charge in [0.1, 0.15) is 0 Å². The van der Waals surface area contributed by atoms with Gasteiger partial charge in [-0.3, -0.25) is 14.5 Å². The van der Waals surface area contributed by atoms with Gasteiger partial charge in [-0.2, -0.15) is 0 Å². The Bertz CT molecular complexity index is 858. The SMILES string of the molecule is COc1ccc(NC(=O)C(=O)NC[C@H](c2cccn2C)N2CCCC2)cc1OC. The molecule has 156 valence electrons. The minimum absolute atomic E-state index is 0.0373. The Kier molecular flexibility index (Phi) is 6.77. The fourth-order valence-corrected chi connectivity index (χ4v) is 3.67. The number of rotatable bonds is 7. The lowest BCUT2D eigenvalue weighted by atomic mass is 10.1. The topological polar surface area (TPSA) is 84.8 Å². The molecule has 1 aromatic heterocycles. The number of carbonyl (C=O) groups is 2. The number of likely N-dealkylation sites (tertiary alicyclic amines) is 1. The van der Waals surface area contributed by atoms with Crippen molar-refractivity contribution in [2.75, 3.05) is 39.2 Å². The quantitative estimate of drug-likeness (QED) is 0.694. The van der Waals surface area contributed by atoms with Crippen LogP contribution in [0.5, 0.6) is 11.5 Å². The zero-order chi connectivity index (χ0) is 20.8. The lowest BCUT2D eigenvalue weighted by molar-refractivity contribution is -0.136. The first-order chi connectivity index (χ1) is 14.0. The first kappa shape index (κ1) is 20.7. The summed E-state index contributed by atoms with van der Waals surface area (Å²) in [6.07, 6.45) is 4.29. The van der Waals surface area contributed by atoms with Gasteiger partial charge in [-0.05, 0) is 50.2 Å². The van der Waals surface area contributed by atoms with Crippen molar-refractivity contribution in [3.63, 3.8) is 0 Å². The third-order valence-corrected chi connectivity index (χ3v) is 5.21. The van der Waals surface area contributed by atoms with Gasteiger partial charge in [-0.1, -0.05) is 0 Å². The summed E-state index contributed by atoms with van der Waals surface area (Å²) in [7, 11) is 5.04. The molecular weight excluding hydrogens is 372 g/mol. The molecule has 0 radical (unpaired) electrons. The molecule has 0 bridgehead atoms. The Balaban J connectivity index is 1.62. The predicted octanol–water partition coefficient (Wildman–Crippen LogP) is 1.93. The van der Waals surface area contributed by atoms with E-state index in [2.05, 4.69) is 26.2 Å². The molecule has 8 heteroatoms. The van der Waals surface area contributed by atoms with Gasteiger partial charge in [0.25, 0.3) is 0 Å². The van der Waals surface area contributed by atoms with Crippen LogP contribution in [0.4, 0.5) is 5.69 Å². The van der Waals surface area contributed by atoms with Gasteiger partial charge in [0.05, 0.1) is 20.3 Å². The molecule has 1 saturated heterocycles. The van der Waals surface area contributed by atoms with Crippen molar-refractivity contribution in [2.45, 2.75) is 18.9 Å². The highest BCUT2D eigenvalue weighted by atomic mass is 16.5. The van der Waals surface area contributed by atoms with E-state index in [1.807, 2.05) is 19.3 Å². The second-order valence-corrected chi connectivity index (χ2v) is 7.04. The predicted molar refractivity (Wildman–Crippen MR) is 110 cm³/mol. The highest BCUT2D eigenvalue weighted by Crippen LogP contribution is 2.29. The maximum atomic E-state index is 12.4. The number of anilines is 1. The monoisotopic (exact) mass is 400 g/mol. The number of ether oxygens (including phenoxy) is 2. The second-order valence-electron chi connectivity index (χ2n) is 7.04. The van der Waals surface area contributed by atoms with E-state index in [0.29, 0.717) is 23.7 Å². The van der Waals surface area contributed by atoms with Crippen molar-refractivity contribution >= 4 is 17.5 Å². The summed E-state index contributed by atoms with van der Waals surface area (Å²) >= 11 is 0. The molecule has 0 aliphatic carbocycles. The molecule has 1 aliphatic heterocycles. The van der Waals surface area contributed by atoms with Crippen LogP contribution in [0.2, 0.25) is 0 Å². The van der Waals surface area contributed by atoms with Crippen LogP contribution >= 0.6 is 0 Å². The van der Waals surface area contributed by atoms with Crippen LogP contribution in [0.15, 0.2) is 36.5 Å². The third kappa shape index (κ3) is 4.89. The van der Waals surface area contributed by atoms with Gasteiger partial charge in [-0.25, -0.2) is 0 Å². The number of aromatic nitrogens is 1. The molecule has 1 atom stereocenters. The van der Waals surface area contributed by atoms with Gasteiger partial charge in [-0.15, -0.1) is 0 Å². The van der Waals surface area contributed by atoms with Gasteiger partial charge < -0.3 is 24.7 Å². The maximum Gasteiger partial charge on any atom is 0.313 e. The van der Waals surface area contributed by atoms with Gasteiger partial charge >= 0.3 is 11.8 Å². The largest absolute Gasteiger partial charge is 0.493 e. The summed E-state index contributed by atoms with van der Waals surface area (Å²) in [5.74, 6) is -0.364. The van der Waals surface area contributed by atoms with Crippen LogP contribution in [0, 0.1) is 0 Å². The van der Waals surface area contributed by atoms with Crippen molar-refractivity contribution in [1.29, 1.82) is 0 Å². The molecule has 2 aromatic rings. The lowest BCUT2D eigenvalue weighted by Gasteiger charge is -2.28. The Morgan fingerprint density at radius 1 is 1.07 bits per heavy atom. The summed E-state index contributed by atoms with van der Waals surface area (Å²) < 4.78 is 12.5. The smallest absolute Gasteiger partial charge is 0.313 e. The zero-order valence-corrected chi connectivity index (χ0v) is 17.1. The van der Waals surface area contributed by atoms with E-state index in [-0.39, 0.29) is 6.04 Å². The van der Waals surface area contributed by atoms with E-state index >= 15 is 0 Å². The van der Waals surface area contributed by atoms with Gasteiger partial charge in [0.15, 0.2) is 11.5 Å². The average molecular weight is 400 g/mol. The number of hydrogen-bond donors (Lipinski definition) is 2. The highest BCUT2D eigenvalue weighted by molar-refractivity contribution is 6.39. The minimum Gasteiger partial charge on any atom is -0.493 e. The Labute approximate surface area is 170 Å². The Hall–Kier alpha value is -3.00. The summed E-state index contributed by atoms with van der Waals surface area (Å²) in [5.41, 5.74) is 1.58. The first-order valence-corrected chi connectivity index (χ1v) is 9.70. The second kappa shape index (κ2) is 9.47. The number of aryl methyl sites for hydroxylation is 1. The number of carbonyl (C=O) groups excluding carboxylic acids is 2. The van der Waals surface area contributed by atoms with E-state index in [0.717, 1.165) is 31.6 Å². The number of nitrogens with zero attached hydrogens (tertiary/aromatic N) is 2. The summed E-state index contributed by atoms with van der Waals surface area (Å²) in [6, 6.07) is 9.02. The zero-order valence-electron chi connectivity index (χ0n) is 17.1. The normalized spacial score (nSPS) is 15.0. The number of amides is 2. The van der Waals surface area contributed by atoms with Gasteiger partial charge in [0, 0.05) is 37.2 Å². The molecule has 0 saturated carbocycles. The van der Waals surface area contributed by atoms with E-state index in [1.165, 1.54) is 14.2 Å². The van der Waals surface area contributed by atoms with E-state index in [1.54, 1.807) is 18.2 Å². The van der Waals surface area contributed by atoms with E-state index < -0.39 is 11.8 Å². The lowest BCUT2D eigenvalue weighted by Crippen LogP contribution is -2.41. The fraction of sp³-hybridized carbons (Fsp3) is 0.429. The maximum absolute atomic E-state index is 12.4. The average Bonchev–Trinajstić information content (AvgIpc) is 3.40. The first-order valence-electron chi connectivity index (χ1n) is 9.70.